The molecule has 0 amide bonds. The molecule has 1 aliphatic rings. The van der Waals surface area contributed by atoms with E-state index in [1.165, 1.54) is 12.3 Å². The minimum absolute atomic E-state index is 0.0540. The van der Waals surface area contributed by atoms with Gasteiger partial charge < -0.3 is 10.2 Å². The first-order chi connectivity index (χ1) is 8.54. The fourth-order valence-electron chi connectivity index (χ4n) is 2.04. The number of halogens is 3. The van der Waals surface area contributed by atoms with Gasteiger partial charge in [0.05, 0.1) is 11.6 Å². The van der Waals surface area contributed by atoms with Crippen molar-refractivity contribution in [2.24, 2.45) is 0 Å². The normalized spacial score (nSPS) is 16.4. The van der Waals surface area contributed by atoms with Crippen molar-refractivity contribution in [3.05, 3.63) is 23.9 Å². The van der Waals surface area contributed by atoms with Gasteiger partial charge in [-0.25, -0.2) is 4.98 Å². The van der Waals surface area contributed by atoms with E-state index in [0.717, 1.165) is 12.5 Å². The molecule has 0 aliphatic carbocycles. The molecule has 1 fully saturated rings. The van der Waals surface area contributed by atoms with Crippen molar-refractivity contribution in [2.45, 2.75) is 25.6 Å². The van der Waals surface area contributed by atoms with Crippen LogP contribution in [0.1, 0.15) is 18.9 Å². The Hall–Kier alpha value is -1.30. The summed E-state index contributed by atoms with van der Waals surface area (Å²) in [5, 5.41) is 3.08. The minimum Gasteiger partial charge on any atom is -0.351 e. The van der Waals surface area contributed by atoms with E-state index in [2.05, 4.69) is 10.3 Å². The minimum atomic E-state index is -4.35. The van der Waals surface area contributed by atoms with E-state index in [0.29, 0.717) is 19.6 Å². The van der Waals surface area contributed by atoms with Gasteiger partial charge in [0.15, 0.2) is 0 Å². The Labute approximate surface area is 104 Å². The predicted molar refractivity (Wildman–Crippen MR) is 63.5 cm³/mol. The molecule has 0 unspecified atom stereocenters. The van der Waals surface area contributed by atoms with Gasteiger partial charge in [-0.2, -0.15) is 13.2 Å². The molecule has 0 radical (unpaired) electrons. The van der Waals surface area contributed by atoms with Crippen LogP contribution in [0.4, 0.5) is 19.0 Å². The molecule has 2 heterocycles. The van der Waals surface area contributed by atoms with Crippen molar-refractivity contribution in [2.75, 3.05) is 24.5 Å². The van der Waals surface area contributed by atoms with Crippen LogP contribution in [0.3, 0.4) is 0 Å². The summed E-state index contributed by atoms with van der Waals surface area (Å²) in [7, 11) is 0. The average molecular weight is 259 g/mol. The van der Waals surface area contributed by atoms with E-state index < -0.39 is 11.7 Å². The molecule has 1 N–H and O–H groups in total. The van der Waals surface area contributed by atoms with Crippen LogP contribution < -0.4 is 10.2 Å². The average Bonchev–Trinajstić information content (AvgIpc) is 2.25. The molecule has 1 aromatic heterocycles. The second kappa shape index (κ2) is 5.14. The quantitative estimate of drug-likeness (QED) is 0.899. The Morgan fingerprint density at radius 3 is 2.67 bits per heavy atom. The fourth-order valence-corrected chi connectivity index (χ4v) is 2.04. The molecule has 18 heavy (non-hydrogen) atoms. The second-order valence-electron chi connectivity index (χ2n) is 4.38. The van der Waals surface area contributed by atoms with Gasteiger partial charge >= 0.3 is 6.18 Å². The highest BCUT2D eigenvalue weighted by molar-refractivity contribution is 5.50. The van der Waals surface area contributed by atoms with E-state index in [9.17, 15) is 13.2 Å². The number of hydrogen-bond acceptors (Lipinski definition) is 3. The highest BCUT2D eigenvalue weighted by Gasteiger charge is 2.37. The van der Waals surface area contributed by atoms with Crippen LogP contribution in [-0.4, -0.2) is 30.7 Å². The summed E-state index contributed by atoms with van der Waals surface area (Å²) in [6.07, 6.45) is -2.14. The Kier molecular flexibility index (Phi) is 3.75. The second-order valence-corrected chi connectivity index (χ2v) is 4.38. The summed E-state index contributed by atoms with van der Waals surface area (Å²) in [5.74, 6) is 0.0540. The lowest BCUT2D eigenvalue weighted by atomic mass is 10.1. The zero-order valence-electron chi connectivity index (χ0n) is 10.2. The Morgan fingerprint density at radius 1 is 1.44 bits per heavy atom. The van der Waals surface area contributed by atoms with Gasteiger partial charge in [0.2, 0.25) is 0 Å². The lowest BCUT2D eigenvalue weighted by Crippen LogP contribution is -2.58. The van der Waals surface area contributed by atoms with E-state index in [4.69, 9.17) is 0 Å². The monoisotopic (exact) mass is 259 g/mol. The molecule has 0 atom stereocenters. The SMILES string of the molecule is CCCN(c1ncccc1C(F)(F)F)C1CNC1. The maximum absolute atomic E-state index is 13.0. The summed E-state index contributed by atoms with van der Waals surface area (Å²) in [5.41, 5.74) is -0.648. The Bertz CT molecular complexity index is 402. The summed E-state index contributed by atoms with van der Waals surface area (Å²) in [6.45, 7) is 3.98. The number of aromatic nitrogens is 1. The molecule has 2 rings (SSSR count). The number of hydrogen-bond donors (Lipinski definition) is 1. The number of anilines is 1. The third-order valence-electron chi connectivity index (χ3n) is 3.03. The molecule has 6 heteroatoms. The summed E-state index contributed by atoms with van der Waals surface area (Å²) in [6, 6.07) is 2.54. The number of pyridine rings is 1. The Balaban J connectivity index is 2.34. The van der Waals surface area contributed by atoms with E-state index >= 15 is 0 Å². The molecule has 1 aromatic rings. The molecule has 1 aliphatic heterocycles. The third-order valence-corrected chi connectivity index (χ3v) is 3.03. The molecule has 0 spiro atoms. The van der Waals surface area contributed by atoms with Crippen LogP contribution in [0.2, 0.25) is 0 Å². The van der Waals surface area contributed by atoms with E-state index in [1.54, 1.807) is 4.90 Å². The van der Waals surface area contributed by atoms with Crippen molar-refractivity contribution in [3.63, 3.8) is 0 Å². The van der Waals surface area contributed by atoms with Crippen molar-refractivity contribution >= 4 is 5.82 Å². The first-order valence-electron chi connectivity index (χ1n) is 6.03. The third kappa shape index (κ3) is 2.58. The predicted octanol–water partition coefficient (Wildman–Crippen LogP) is 2.29. The maximum atomic E-state index is 13.0. The fraction of sp³-hybridized carbons (Fsp3) is 0.583. The van der Waals surface area contributed by atoms with Crippen LogP contribution in [0.5, 0.6) is 0 Å². The van der Waals surface area contributed by atoms with Crippen LogP contribution in [0, 0.1) is 0 Å². The lowest BCUT2D eigenvalue weighted by Gasteiger charge is -2.39. The van der Waals surface area contributed by atoms with Gasteiger partial charge in [-0.15, -0.1) is 0 Å². The first-order valence-corrected chi connectivity index (χ1v) is 6.03. The van der Waals surface area contributed by atoms with Crippen molar-refractivity contribution < 1.29 is 13.2 Å². The molecular formula is C12H16F3N3. The number of nitrogens with zero attached hydrogens (tertiary/aromatic N) is 2. The van der Waals surface area contributed by atoms with E-state index in [-0.39, 0.29) is 11.9 Å². The van der Waals surface area contributed by atoms with E-state index in [1.807, 2.05) is 6.92 Å². The van der Waals surface area contributed by atoms with Gasteiger partial charge in [-0.05, 0) is 18.6 Å². The molecular weight excluding hydrogens is 243 g/mol. The number of nitrogens with one attached hydrogen (secondary N) is 1. The lowest BCUT2D eigenvalue weighted by molar-refractivity contribution is -0.137. The van der Waals surface area contributed by atoms with Gasteiger partial charge in [0.1, 0.15) is 5.82 Å². The van der Waals surface area contributed by atoms with Crippen molar-refractivity contribution in [3.8, 4) is 0 Å². The van der Waals surface area contributed by atoms with Crippen LogP contribution in [0.25, 0.3) is 0 Å². The summed E-state index contributed by atoms with van der Waals surface area (Å²) < 4.78 is 38.9. The number of rotatable bonds is 4. The topological polar surface area (TPSA) is 28.2 Å². The first kappa shape index (κ1) is 13.1. The van der Waals surface area contributed by atoms with Gasteiger partial charge in [-0.3, -0.25) is 0 Å². The van der Waals surface area contributed by atoms with Crippen LogP contribution >= 0.6 is 0 Å². The molecule has 0 bridgehead atoms. The zero-order valence-corrected chi connectivity index (χ0v) is 10.2. The largest absolute Gasteiger partial charge is 0.419 e. The zero-order chi connectivity index (χ0) is 13.2. The van der Waals surface area contributed by atoms with Crippen molar-refractivity contribution in [1.29, 1.82) is 0 Å². The summed E-state index contributed by atoms with van der Waals surface area (Å²) >= 11 is 0. The van der Waals surface area contributed by atoms with Crippen LogP contribution in [-0.2, 0) is 6.18 Å². The smallest absolute Gasteiger partial charge is 0.351 e. The molecule has 1 saturated heterocycles. The van der Waals surface area contributed by atoms with Gasteiger partial charge in [-0.1, -0.05) is 6.92 Å². The highest BCUT2D eigenvalue weighted by Crippen LogP contribution is 2.36. The summed E-state index contributed by atoms with van der Waals surface area (Å²) in [4.78, 5) is 5.71. The number of alkyl halides is 3. The van der Waals surface area contributed by atoms with Gasteiger partial charge in [0.25, 0.3) is 0 Å². The standard InChI is InChI=1S/C12H16F3N3/c1-2-6-18(9-7-16-8-9)11-10(12(13,14)15)4-3-5-17-11/h3-5,9,16H,2,6-8H2,1H3. The van der Waals surface area contributed by atoms with Gasteiger partial charge in [0, 0.05) is 25.8 Å². The molecule has 0 saturated carbocycles. The van der Waals surface area contributed by atoms with Crippen molar-refractivity contribution in [1.82, 2.24) is 10.3 Å². The van der Waals surface area contributed by atoms with Crippen LogP contribution in [0.15, 0.2) is 18.3 Å². The maximum Gasteiger partial charge on any atom is 0.419 e. The molecule has 3 nitrogen and oxygen atoms in total. The molecule has 0 aromatic carbocycles. The highest BCUT2D eigenvalue weighted by atomic mass is 19.4. The molecule has 100 valence electrons. The Morgan fingerprint density at radius 2 is 2.17 bits per heavy atom.